The van der Waals surface area contributed by atoms with E-state index in [0.29, 0.717) is 4.57 Å². The molecule has 0 bridgehead atoms. The molecule has 0 unspecified atom stereocenters. The second-order valence-electron chi connectivity index (χ2n) is 3.51. The van der Waals surface area contributed by atoms with Gasteiger partial charge in [-0.05, 0) is 12.1 Å². The summed E-state index contributed by atoms with van der Waals surface area (Å²) < 4.78 is 31.8. The van der Waals surface area contributed by atoms with Crippen LogP contribution in [0.1, 0.15) is 0 Å². The van der Waals surface area contributed by atoms with Crippen LogP contribution in [0.15, 0.2) is 27.8 Å². The highest BCUT2D eigenvalue weighted by atomic mass is 35.5. The second kappa shape index (κ2) is 4.85. The molecule has 1 heterocycles. The smallest absolute Gasteiger partial charge is 0.334 e. The molecule has 0 atom stereocenters. The Morgan fingerprint density at radius 3 is 2.63 bits per heavy atom. The fourth-order valence-electron chi connectivity index (χ4n) is 1.54. The molecule has 19 heavy (non-hydrogen) atoms. The summed E-state index contributed by atoms with van der Waals surface area (Å²) in [5.41, 5.74) is -2.30. The molecule has 0 saturated carbocycles. The number of nitrogens with zero attached hydrogens (tertiary/aromatic N) is 1. The predicted octanol–water partition coefficient (Wildman–Crippen LogP) is 1.47. The van der Waals surface area contributed by atoms with Gasteiger partial charge in [0, 0.05) is 6.07 Å². The van der Waals surface area contributed by atoms with E-state index in [-0.39, 0.29) is 11.4 Å². The zero-order chi connectivity index (χ0) is 14.2. The van der Waals surface area contributed by atoms with Crippen molar-refractivity contribution in [2.24, 2.45) is 0 Å². The highest BCUT2D eigenvalue weighted by Gasteiger charge is 2.17. The number of benzene rings is 1. The lowest BCUT2D eigenvalue weighted by Gasteiger charge is -2.10. The number of H-pyrrole nitrogens is 1. The van der Waals surface area contributed by atoms with Gasteiger partial charge < -0.3 is 4.74 Å². The van der Waals surface area contributed by atoms with Crippen molar-refractivity contribution in [1.82, 2.24) is 9.55 Å². The van der Waals surface area contributed by atoms with Crippen LogP contribution >= 0.6 is 11.6 Å². The number of ether oxygens (including phenoxy) is 1. The van der Waals surface area contributed by atoms with Gasteiger partial charge in [-0.2, -0.15) is 4.39 Å². The first-order valence-electron chi connectivity index (χ1n) is 5.00. The van der Waals surface area contributed by atoms with Crippen LogP contribution in [0.5, 0.6) is 5.75 Å². The van der Waals surface area contributed by atoms with Gasteiger partial charge >= 0.3 is 5.69 Å². The predicted molar refractivity (Wildman–Crippen MR) is 64.1 cm³/mol. The van der Waals surface area contributed by atoms with E-state index in [1.807, 2.05) is 4.98 Å². The largest absolute Gasteiger partial charge is 0.494 e. The molecule has 0 amide bonds. The monoisotopic (exact) mass is 288 g/mol. The topological polar surface area (TPSA) is 64.1 Å². The highest BCUT2D eigenvalue weighted by Crippen LogP contribution is 2.21. The van der Waals surface area contributed by atoms with Crippen molar-refractivity contribution < 1.29 is 13.5 Å². The van der Waals surface area contributed by atoms with E-state index in [2.05, 4.69) is 0 Å². The number of aromatic nitrogens is 2. The quantitative estimate of drug-likeness (QED) is 0.851. The molecule has 0 aliphatic rings. The Bertz CT molecular complexity index is 755. The number of hydrogen-bond donors (Lipinski definition) is 1. The van der Waals surface area contributed by atoms with Crippen molar-refractivity contribution in [2.75, 3.05) is 7.11 Å². The lowest BCUT2D eigenvalue weighted by atomic mass is 10.2. The summed E-state index contributed by atoms with van der Waals surface area (Å²) in [6.45, 7) is 0. The number of halogens is 3. The summed E-state index contributed by atoms with van der Waals surface area (Å²) >= 11 is 5.34. The molecule has 1 aromatic carbocycles. The van der Waals surface area contributed by atoms with Gasteiger partial charge in [-0.15, -0.1) is 0 Å². The standard InChI is InChI=1S/C11H7ClF2N2O3/c1-19-7-4-5(13)2-3-6(7)16-10(17)8(14)9(12)15-11(16)18/h2-4H,1H3,(H,15,18). The normalized spacial score (nSPS) is 10.5. The van der Waals surface area contributed by atoms with Gasteiger partial charge in [0.15, 0.2) is 5.15 Å². The number of hydrogen-bond acceptors (Lipinski definition) is 3. The summed E-state index contributed by atoms with van der Waals surface area (Å²) in [5.74, 6) is -2.03. The lowest BCUT2D eigenvalue weighted by molar-refractivity contribution is 0.408. The molecule has 8 heteroatoms. The average Bonchev–Trinajstić information content (AvgIpc) is 2.37. The molecule has 0 aliphatic heterocycles. The van der Waals surface area contributed by atoms with Crippen LogP contribution in [0.4, 0.5) is 8.78 Å². The minimum atomic E-state index is -1.31. The SMILES string of the molecule is COc1cc(F)ccc1-n1c(=O)[nH]c(Cl)c(F)c1=O. The molecule has 0 radical (unpaired) electrons. The molecule has 1 N–H and O–H groups in total. The van der Waals surface area contributed by atoms with Crippen LogP contribution in [0.25, 0.3) is 5.69 Å². The van der Waals surface area contributed by atoms with Crippen LogP contribution < -0.4 is 16.0 Å². The van der Waals surface area contributed by atoms with Crippen molar-refractivity contribution in [1.29, 1.82) is 0 Å². The minimum absolute atomic E-state index is 0.0886. The van der Waals surface area contributed by atoms with Crippen LogP contribution in [-0.2, 0) is 0 Å². The summed E-state index contributed by atoms with van der Waals surface area (Å²) in [5, 5.41) is -0.688. The molecule has 100 valence electrons. The van der Waals surface area contributed by atoms with Crippen molar-refractivity contribution >= 4 is 11.6 Å². The van der Waals surface area contributed by atoms with Gasteiger partial charge in [-0.1, -0.05) is 11.6 Å². The number of nitrogens with one attached hydrogen (secondary N) is 1. The third kappa shape index (κ3) is 2.24. The molecular weight excluding hydrogens is 282 g/mol. The minimum Gasteiger partial charge on any atom is -0.494 e. The Morgan fingerprint density at radius 2 is 2.00 bits per heavy atom. The van der Waals surface area contributed by atoms with Gasteiger partial charge in [-0.3, -0.25) is 9.78 Å². The third-order valence-corrected chi connectivity index (χ3v) is 2.65. The van der Waals surface area contributed by atoms with E-state index in [4.69, 9.17) is 16.3 Å². The van der Waals surface area contributed by atoms with Gasteiger partial charge in [0.1, 0.15) is 11.6 Å². The number of aromatic amines is 1. The zero-order valence-electron chi connectivity index (χ0n) is 9.54. The molecule has 1 aromatic heterocycles. The van der Waals surface area contributed by atoms with E-state index in [1.54, 1.807) is 0 Å². The fourth-order valence-corrected chi connectivity index (χ4v) is 1.71. The Morgan fingerprint density at radius 1 is 1.32 bits per heavy atom. The maximum Gasteiger partial charge on any atom is 0.334 e. The van der Waals surface area contributed by atoms with Gasteiger partial charge in [0.2, 0.25) is 5.82 Å². The average molecular weight is 289 g/mol. The summed E-state index contributed by atoms with van der Waals surface area (Å²) in [6, 6.07) is 3.10. The Balaban J connectivity index is 2.84. The van der Waals surface area contributed by atoms with Crippen LogP contribution in [0, 0.1) is 11.6 Å². The first-order chi connectivity index (χ1) is 8.95. The Kier molecular flexibility index (Phi) is 3.39. The van der Waals surface area contributed by atoms with Crippen LogP contribution in [0.3, 0.4) is 0 Å². The van der Waals surface area contributed by atoms with Gasteiger partial charge in [0.05, 0.1) is 12.8 Å². The Labute approximate surface area is 110 Å². The molecule has 0 spiro atoms. The first kappa shape index (κ1) is 13.3. The first-order valence-corrected chi connectivity index (χ1v) is 5.37. The van der Waals surface area contributed by atoms with Crippen LogP contribution in [0.2, 0.25) is 5.15 Å². The molecule has 0 aliphatic carbocycles. The molecule has 2 aromatic rings. The lowest BCUT2D eigenvalue weighted by Crippen LogP contribution is -2.36. The molecule has 0 saturated heterocycles. The van der Waals surface area contributed by atoms with Gasteiger partial charge in [0.25, 0.3) is 5.56 Å². The summed E-state index contributed by atoms with van der Waals surface area (Å²) in [4.78, 5) is 25.3. The third-order valence-electron chi connectivity index (χ3n) is 2.39. The van der Waals surface area contributed by atoms with Crippen molar-refractivity contribution in [3.63, 3.8) is 0 Å². The van der Waals surface area contributed by atoms with E-state index >= 15 is 0 Å². The van der Waals surface area contributed by atoms with Crippen molar-refractivity contribution in [3.05, 3.63) is 55.8 Å². The fraction of sp³-hybridized carbons (Fsp3) is 0.0909. The maximum atomic E-state index is 13.4. The van der Waals surface area contributed by atoms with E-state index in [1.165, 1.54) is 7.11 Å². The molecular formula is C11H7ClF2N2O3. The number of methoxy groups -OCH3 is 1. The second-order valence-corrected chi connectivity index (χ2v) is 3.89. The van der Waals surface area contributed by atoms with E-state index in [9.17, 15) is 18.4 Å². The number of rotatable bonds is 2. The van der Waals surface area contributed by atoms with E-state index in [0.717, 1.165) is 18.2 Å². The zero-order valence-corrected chi connectivity index (χ0v) is 10.3. The van der Waals surface area contributed by atoms with Crippen molar-refractivity contribution in [2.45, 2.75) is 0 Å². The molecule has 2 rings (SSSR count). The Hall–Kier alpha value is -2.15. The molecule has 5 nitrogen and oxygen atoms in total. The van der Waals surface area contributed by atoms with Crippen LogP contribution in [-0.4, -0.2) is 16.7 Å². The summed E-state index contributed by atoms with van der Waals surface area (Å²) in [7, 11) is 1.23. The van der Waals surface area contributed by atoms with E-state index < -0.39 is 28.0 Å². The van der Waals surface area contributed by atoms with Crippen molar-refractivity contribution in [3.8, 4) is 11.4 Å². The highest BCUT2D eigenvalue weighted by molar-refractivity contribution is 6.29. The maximum absolute atomic E-state index is 13.4. The van der Waals surface area contributed by atoms with Gasteiger partial charge in [-0.25, -0.2) is 13.8 Å². The molecule has 0 fully saturated rings. The summed E-state index contributed by atoms with van der Waals surface area (Å²) in [6.07, 6.45) is 0.